The molecule has 0 radical (unpaired) electrons. The van der Waals surface area contributed by atoms with Crippen LogP contribution in [0.15, 0.2) is 71.3 Å². The molecule has 0 aliphatic rings. The van der Waals surface area contributed by atoms with Gasteiger partial charge in [-0.3, -0.25) is 0 Å². The fourth-order valence-electron chi connectivity index (χ4n) is 3.03. The number of rotatable bonds is 9. The second kappa shape index (κ2) is 9.36. The van der Waals surface area contributed by atoms with Gasteiger partial charge in [-0.25, -0.2) is 0 Å². The van der Waals surface area contributed by atoms with Gasteiger partial charge in [-0.2, -0.15) is 13.2 Å². The molecule has 0 aliphatic carbocycles. The summed E-state index contributed by atoms with van der Waals surface area (Å²) in [5, 5.41) is 10.4. The minimum Gasteiger partial charge on any atom is -0.494 e. The Morgan fingerprint density at radius 3 is 2.30 bits per heavy atom. The lowest BCUT2D eigenvalue weighted by Gasteiger charge is -2.30. The maximum atomic E-state index is 13.6. The molecule has 1 atom stereocenters. The Hall–Kier alpha value is -2.77. The molecule has 4 nitrogen and oxygen atoms in total. The van der Waals surface area contributed by atoms with Crippen molar-refractivity contribution in [1.29, 1.82) is 0 Å². The van der Waals surface area contributed by atoms with E-state index in [9.17, 15) is 18.3 Å². The van der Waals surface area contributed by atoms with E-state index < -0.39 is 18.4 Å². The van der Waals surface area contributed by atoms with Gasteiger partial charge in [0.2, 0.25) is 5.60 Å². The number of aliphatic hydroxyl groups is 1. The van der Waals surface area contributed by atoms with Gasteiger partial charge in [0.05, 0.1) is 26.1 Å². The van der Waals surface area contributed by atoms with Gasteiger partial charge < -0.3 is 19.0 Å². The van der Waals surface area contributed by atoms with E-state index >= 15 is 0 Å². The third kappa shape index (κ3) is 5.23. The molecule has 1 aromatic heterocycles. The number of benzene rings is 2. The van der Waals surface area contributed by atoms with E-state index in [1.165, 1.54) is 30.5 Å². The predicted molar refractivity (Wildman–Crippen MR) is 105 cm³/mol. The van der Waals surface area contributed by atoms with Crippen LogP contribution in [-0.2, 0) is 23.4 Å². The first kappa shape index (κ1) is 21.9. The summed E-state index contributed by atoms with van der Waals surface area (Å²) in [6, 6.07) is 16.6. The molecule has 0 saturated carbocycles. The van der Waals surface area contributed by atoms with Gasteiger partial charge in [0.25, 0.3) is 0 Å². The standard InChI is InChI=1S/C23H23F3O4/c1-2-29-20-10-8-19(9-11-20)22(27,23(24,25)26)16-28-14-18-13-21(30-15-18)12-17-6-4-3-5-7-17/h3-11,13,15,27H,2,12,14,16H2,1H3. The molecular formula is C23H23F3O4. The van der Waals surface area contributed by atoms with E-state index in [2.05, 4.69) is 0 Å². The molecule has 7 heteroatoms. The topological polar surface area (TPSA) is 51.8 Å². The SMILES string of the molecule is CCOc1ccc(C(O)(COCc2coc(Cc3ccccc3)c2)C(F)(F)F)cc1. The molecule has 0 aliphatic heterocycles. The van der Waals surface area contributed by atoms with Gasteiger partial charge in [0.1, 0.15) is 11.5 Å². The van der Waals surface area contributed by atoms with Gasteiger partial charge in [-0.05, 0) is 36.2 Å². The van der Waals surface area contributed by atoms with E-state index in [0.717, 1.165) is 5.56 Å². The Morgan fingerprint density at radius 2 is 1.67 bits per heavy atom. The van der Waals surface area contributed by atoms with Gasteiger partial charge >= 0.3 is 6.18 Å². The van der Waals surface area contributed by atoms with Crippen molar-refractivity contribution in [3.8, 4) is 5.75 Å². The number of hydrogen-bond donors (Lipinski definition) is 1. The highest BCUT2D eigenvalue weighted by Crippen LogP contribution is 2.40. The lowest BCUT2D eigenvalue weighted by atomic mass is 9.94. The summed E-state index contributed by atoms with van der Waals surface area (Å²) < 4.78 is 56.8. The van der Waals surface area contributed by atoms with Crippen LogP contribution in [0.25, 0.3) is 0 Å². The molecule has 30 heavy (non-hydrogen) atoms. The van der Waals surface area contributed by atoms with Crippen molar-refractivity contribution in [3.63, 3.8) is 0 Å². The average Bonchev–Trinajstić information content (AvgIpc) is 3.15. The summed E-state index contributed by atoms with van der Waals surface area (Å²) in [5.41, 5.74) is -1.79. The highest BCUT2D eigenvalue weighted by molar-refractivity contribution is 5.32. The lowest BCUT2D eigenvalue weighted by Crippen LogP contribution is -2.46. The quantitative estimate of drug-likeness (QED) is 0.515. The van der Waals surface area contributed by atoms with Gasteiger partial charge in [-0.15, -0.1) is 0 Å². The molecule has 0 amide bonds. The normalized spacial score (nSPS) is 13.8. The molecule has 2 aromatic carbocycles. The average molecular weight is 420 g/mol. The van der Waals surface area contributed by atoms with Crippen LogP contribution in [0, 0.1) is 0 Å². The van der Waals surface area contributed by atoms with Gasteiger partial charge in [-0.1, -0.05) is 42.5 Å². The van der Waals surface area contributed by atoms with Crippen LogP contribution in [0.1, 0.15) is 29.4 Å². The maximum Gasteiger partial charge on any atom is 0.423 e. The Morgan fingerprint density at radius 1 is 0.967 bits per heavy atom. The first-order chi connectivity index (χ1) is 14.3. The van der Waals surface area contributed by atoms with Crippen molar-refractivity contribution in [3.05, 3.63) is 89.4 Å². The molecule has 160 valence electrons. The van der Waals surface area contributed by atoms with Crippen LogP contribution >= 0.6 is 0 Å². The molecule has 0 fully saturated rings. The van der Waals surface area contributed by atoms with Crippen LogP contribution in [0.4, 0.5) is 13.2 Å². The largest absolute Gasteiger partial charge is 0.494 e. The van der Waals surface area contributed by atoms with Crippen molar-refractivity contribution in [2.75, 3.05) is 13.2 Å². The predicted octanol–water partition coefficient (Wildman–Crippen LogP) is 5.24. The highest BCUT2D eigenvalue weighted by Gasteiger charge is 2.55. The summed E-state index contributed by atoms with van der Waals surface area (Å²) in [6.45, 7) is 1.11. The molecule has 3 rings (SSSR count). The van der Waals surface area contributed by atoms with E-state index in [1.807, 2.05) is 30.3 Å². The number of alkyl halides is 3. The third-order valence-corrected chi connectivity index (χ3v) is 4.62. The monoisotopic (exact) mass is 420 g/mol. The number of halogens is 3. The first-order valence-corrected chi connectivity index (χ1v) is 9.52. The van der Waals surface area contributed by atoms with E-state index in [0.29, 0.717) is 30.1 Å². The Kier molecular flexibility index (Phi) is 6.84. The Balaban J connectivity index is 1.64. The minimum absolute atomic E-state index is 0.117. The van der Waals surface area contributed by atoms with Crippen LogP contribution in [0.3, 0.4) is 0 Å². The number of furan rings is 1. The summed E-state index contributed by atoms with van der Waals surface area (Å²) in [5.74, 6) is 1.11. The minimum atomic E-state index is -4.91. The summed E-state index contributed by atoms with van der Waals surface area (Å²) in [6.07, 6.45) is -2.89. The Labute approximate surface area is 172 Å². The maximum absolute atomic E-state index is 13.6. The van der Waals surface area contributed by atoms with Crippen LogP contribution < -0.4 is 4.74 Å². The van der Waals surface area contributed by atoms with Crippen molar-refractivity contribution < 1.29 is 32.2 Å². The van der Waals surface area contributed by atoms with Crippen molar-refractivity contribution in [1.82, 2.24) is 0 Å². The number of hydrogen-bond acceptors (Lipinski definition) is 4. The molecule has 0 bridgehead atoms. The van der Waals surface area contributed by atoms with Crippen LogP contribution in [-0.4, -0.2) is 24.5 Å². The van der Waals surface area contributed by atoms with E-state index in [-0.39, 0.29) is 12.2 Å². The number of ether oxygens (including phenoxy) is 2. The second-order valence-corrected chi connectivity index (χ2v) is 6.89. The van der Waals surface area contributed by atoms with E-state index in [1.54, 1.807) is 13.0 Å². The van der Waals surface area contributed by atoms with E-state index in [4.69, 9.17) is 13.9 Å². The fraction of sp³-hybridized carbons (Fsp3) is 0.304. The molecule has 3 aromatic rings. The zero-order valence-corrected chi connectivity index (χ0v) is 16.5. The van der Waals surface area contributed by atoms with Crippen LogP contribution in [0.2, 0.25) is 0 Å². The molecule has 0 spiro atoms. The highest BCUT2D eigenvalue weighted by atomic mass is 19.4. The van der Waals surface area contributed by atoms with Gasteiger partial charge in [0, 0.05) is 12.0 Å². The molecule has 1 unspecified atom stereocenters. The zero-order chi connectivity index (χ0) is 21.6. The molecular weight excluding hydrogens is 397 g/mol. The first-order valence-electron chi connectivity index (χ1n) is 9.52. The molecule has 1 heterocycles. The Bertz CT molecular complexity index is 920. The second-order valence-electron chi connectivity index (χ2n) is 6.89. The fourth-order valence-corrected chi connectivity index (χ4v) is 3.03. The summed E-state index contributed by atoms with van der Waals surface area (Å²) in [4.78, 5) is 0. The summed E-state index contributed by atoms with van der Waals surface area (Å²) >= 11 is 0. The third-order valence-electron chi connectivity index (χ3n) is 4.62. The van der Waals surface area contributed by atoms with Crippen LogP contribution in [0.5, 0.6) is 5.75 Å². The van der Waals surface area contributed by atoms with Crippen molar-refractivity contribution in [2.45, 2.75) is 31.7 Å². The molecule has 0 saturated heterocycles. The smallest absolute Gasteiger partial charge is 0.423 e. The lowest BCUT2D eigenvalue weighted by molar-refractivity contribution is -0.283. The van der Waals surface area contributed by atoms with Crippen molar-refractivity contribution >= 4 is 0 Å². The van der Waals surface area contributed by atoms with Gasteiger partial charge in [0.15, 0.2) is 0 Å². The van der Waals surface area contributed by atoms with Crippen molar-refractivity contribution in [2.24, 2.45) is 0 Å². The summed E-state index contributed by atoms with van der Waals surface area (Å²) in [7, 11) is 0. The molecule has 1 N–H and O–H groups in total. The zero-order valence-electron chi connectivity index (χ0n) is 16.5.